The van der Waals surface area contributed by atoms with Crippen LogP contribution in [-0.2, 0) is 0 Å². The molecule has 2 aromatic carbocycles. The molecular formula is C28H36F2N4O8. The van der Waals surface area contributed by atoms with Crippen LogP contribution >= 0.6 is 0 Å². The number of anilines is 1. The number of benzene rings is 2. The number of carboxylic acid groups (broad SMARTS) is 2. The lowest BCUT2D eigenvalue weighted by atomic mass is 9.80. The van der Waals surface area contributed by atoms with Gasteiger partial charge in [0.2, 0.25) is 5.82 Å². The third-order valence-corrected chi connectivity index (χ3v) is 7.21. The van der Waals surface area contributed by atoms with E-state index in [0.29, 0.717) is 51.1 Å². The Kier molecular flexibility index (Phi) is 10.4. The van der Waals surface area contributed by atoms with Crippen LogP contribution in [-0.4, -0.2) is 75.0 Å². The molecule has 2 amide bonds. The van der Waals surface area contributed by atoms with Crippen molar-refractivity contribution in [2.45, 2.75) is 64.7 Å². The normalized spacial score (nSPS) is 19.4. The fraction of sp³-hybridized carbons (Fsp3) is 0.500. The summed E-state index contributed by atoms with van der Waals surface area (Å²) < 4.78 is 38.2. The van der Waals surface area contributed by atoms with E-state index in [4.69, 9.17) is 20.3 Å². The molecule has 2 saturated heterocycles. The van der Waals surface area contributed by atoms with Crippen molar-refractivity contribution in [3.8, 4) is 11.5 Å². The van der Waals surface area contributed by atoms with E-state index >= 15 is 0 Å². The van der Waals surface area contributed by atoms with Gasteiger partial charge >= 0.3 is 17.9 Å². The zero-order chi connectivity index (χ0) is 31.2. The zero-order valence-corrected chi connectivity index (χ0v) is 23.7. The van der Waals surface area contributed by atoms with Crippen LogP contribution in [0.4, 0.5) is 29.7 Å². The van der Waals surface area contributed by atoms with Crippen LogP contribution in [0.25, 0.3) is 0 Å². The Morgan fingerprint density at radius 1 is 0.929 bits per heavy atom. The first-order chi connectivity index (χ1) is 19.6. The van der Waals surface area contributed by atoms with Crippen LogP contribution in [0, 0.1) is 27.2 Å². The molecule has 2 aliphatic heterocycles. The number of nitro benzene ring substituents is 1. The topological polar surface area (TPSA) is 169 Å². The Balaban J connectivity index is 0.000000240. The largest absolute Gasteiger partial charge is 0.490 e. The average molecular weight is 595 g/mol. The van der Waals surface area contributed by atoms with E-state index in [2.05, 4.69) is 0 Å². The highest BCUT2D eigenvalue weighted by molar-refractivity contribution is 5.66. The number of hydrogen-bond acceptors (Lipinski definition) is 7. The van der Waals surface area contributed by atoms with Gasteiger partial charge < -0.3 is 35.2 Å². The molecule has 14 heteroatoms. The number of nitrogen functional groups attached to an aromatic ring is 1. The van der Waals surface area contributed by atoms with Gasteiger partial charge in [0.15, 0.2) is 0 Å². The summed E-state index contributed by atoms with van der Waals surface area (Å²) in [5.74, 6) is -0.821. The Bertz CT molecular complexity index is 1280. The maximum absolute atomic E-state index is 13.7. The molecule has 4 N–H and O–H groups in total. The minimum Gasteiger partial charge on any atom is -0.490 e. The van der Waals surface area contributed by atoms with Crippen LogP contribution in [0.5, 0.6) is 11.5 Å². The second-order valence-corrected chi connectivity index (χ2v) is 11.3. The summed E-state index contributed by atoms with van der Waals surface area (Å²) in [6.07, 6.45) is -0.0429. The first-order valence-corrected chi connectivity index (χ1v) is 13.5. The lowest BCUT2D eigenvalue weighted by Gasteiger charge is -2.44. The molecule has 0 bridgehead atoms. The number of nitro groups is 1. The predicted octanol–water partition coefficient (Wildman–Crippen LogP) is 5.60. The van der Waals surface area contributed by atoms with Crippen molar-refractivity contribution in [2.24, 2.45) is 5.41 Å². The molecule has 0 saturated carbocycles. The van der Waals surface area contributed by atoms with Crippen molar-refractivity contribution in [2.75, 3.05) is 25.4 Å². The molecule has 12 nitrogen and oxygen atoms in total. The van der Waals surface area contributed by atoms with Crippen molar-refractivity contribution in [1.82, 2.24) is 9.80 Å². The summed E-state index contributed by atoms with van der Waals surface area (Å²) in [4.78, 5) is 34.7. The Hall–Kier alpha value is -4.36. The molecule has 2 atom stereocenters. The molecule has 2 unspecified atom stereocenters. The lowest BCUT2D eigenvalue weighted by molar-refractivity contribution is -0.387. The third kappa shape index (κ3) is 8.57. The molecule has 0 aliphatic carbocycles. The summed E-state index contributed by atoms with van der Waals surface area (Å²) in [5, 5.41) is 28.8. The minimum atomic E-state index is -0.963. The number of hydrogen-bond donors (Lipinski definition) is 3. The van der Waals surface area contributed by atoms with Crippen LogP contribution < -0.4 is 15.2 Å². The van der Waals surface area contributed by atoms with E-state index < -0.39 is 34.4 Å². The molecule has 0 spiro atoms. The van der Waals surface area contributed by atoms with Gasteiger partial charge in [-0.05, 0) is 23.6 Å². The highest BCUT2D eigenvalue weighted by atomic mass is 19.1. The number of nitrogens with two attached hydrogens (primary N) is 1. The number of nitrogens with zero attached hydrogens (tertiary/aromatic N) is 3. The van der Waals surface area contributed by atoms with E-state index in [0.717, 1.165) is 12.1 Å². The van der Waals surface area contributed by atoms with Gasteiger partial charge in [0.1, 0.15) is 29.5 Å². The third-order valence-electron chi connectivity index (χ3n) is 7.21. The van der Waals surface area contributed by atoms with Gasteiger partial charge in [0.05, 0.1) is 10.6 Å². The van der Waals surface area contributed by atoms with Gasteiger partial charge in [-0.2, -0.15) is 4.39 Å². The monoisotopic (exact) mass is 594 g/mol. The van der Waals surface area contributed by atoms with Crippen LogP contribution in [0.1, 0.15) is 46.5 Å². The second kappa shape index (κ2) is 13.5. The number of likely N-dealkylation sites (tertiary alicyclic amines) is 2. The first-order valence-electron chi connectivity index (χ1n) is 13.5. The summed E-state index contributed by atoms with van der Waals surface area (Å²) in [5.41, 5.74) is 4.59. The van der Waals surface area contributed by atoms with Gasteiger partial charge in [-0.1, -0.05) is 20.8 Å². The van der Waals surface area contributed by atoms with Crippen molar-refractivity contribution >= 4 is 23.6 Å². The number of rotatable bonds is 5. The van der Waals surface area contributed by atoms with Crippen LogP contribution in [0.2, 0.25) is 0 Å². The van der Waals surface area contributed by atoms with Gasteiger partial charge in [-0.25, -0.2) is 14.0 Å². The summed E-state index contributed by atoms with van der Waals surface area (Å²) in [6.45, 7) is 7.09. The maximum atomic E-state index is 13.7. The predicted molar refractivity (Wildman–Crippen MR) is 149 cm³/mol. The number of carbonyl (C=O) groups is 2. The minimum absolute atomic E-state index is 0.0800. The number of amides is 2. The van der Waals surface area contributed by atoms with Crippen LogP contribution in [0.3, 0.4) is 0 Å². The molecule has 2 aliphatic rings. The standard InChI is InChI=1S/C16H21FN2O5.C12H15FN2O3/c1-16(2,3)14-9-11(6-7-18(14)15(20)21)24-10-4-5-13(19(22)23)12(17)8-10;13-10-7-9(1-2-11(10)14)18-8-3-5-15(6-4-8)12(16)17/h4-5,8,11,14H,6-7,9H2,1-3H3,(H,20,21);1-2,7-8H,3-6,14H2,(H,16,17). The first kappa shape index (κ1) is 32.2. The smallest absolute Gasteiger partial charge is 0.407 e. The quantitative estimate of drug-likeness (QED) is 0.227. The van der Waals surface area contributed by atoms with Crippen LogP contribution in [0.15, 0.2) is 36.4 Å². The Morgan fingerprint density at radius 3 is 1.98 bits per heavy atom. The SMILES string of the molecule is CC(C)(C)C1CC(Oc2ccc([N+](=O)[O-])c(F)c2)CCN1C(=O)O.Nc1ccc(OC2CCN(C(=O)O)CC2)cc1F. The highest BCUT2D eigenvalue weighted by Crippen LogP contribution is 2.34. The average Bonchev–Trinajstić information content (AvgIpc) is 2.91. The summed E-state index contributed by atoms with van der Waals surface area (Å²) >= 11 is 0. The van der Waals surface area contributed by atoms with Gasteiger partial charge in [0, 0.05) is 69.6 Å². The fourth-order valence-corrected chi connectivity index (χ4v) is 4.93. The molecule has 42 heavy (non-hydrogen) atoms. The van der Waals surface area contributed by atoms with Gasteiger partial charge in [-0.3, -0.25) is 10.1 Å². The molecule has 230 valence electrons. The molecule has 2 fully saturated rings. The molecule has 4 rings (SSSR count). The van der Waals surface area contributed by atoms with E-state index in [9.17, 15) is 33.6 Å². The Labute approximate surface area is 241 Å². The van der Waals surface area contributed by atoms with Crippen molar-refractivity contribution in [1.29, 1.82) is 0 Å². The van der Waals surface area contributed by atoms with E-state index in [1.807, 2.05) is 20.8 Å². The van der Waals surface area contributed by atoms with E-state index in [1.54, 1.807) is 6.07 Å². The summed E-state index contributed by atoms with van der Waals surface area (Å²) in [7, 11) is 0. The fourth-order valence-electron chi connectivity index (χ4n) is 4.93. The number of halogens is 2. The molecule has 2 aromatic rings. The summed E-state index contributed by atoms with van der Waals surface area (Å²) in [6, 6.07) is 7.51. The maximum Gasteiger partial charge on any atom is 0.407 e. The Morgan fingerprint density at radius 2 is 1.48 bits per heavy atom. The van der Waals surface area contributed by atoms with Gasteiger partial charge in [-0.15, -0.1) is 0 Å². The molecule has 0 radical (unpaired) electrons. The molecular weight excluding hydrogens is 558 g/mol. The van der Waals surface area contributed by atoms with Crippen molar-refractivity contribution in [3.63, 3.8) is 0 Å². The van der Waals surface area contributed by atoms with Crippen molar-refractivity contribution < 1.29 is 43.0 Å². The zero-order valence-electron chi connectivity index (χ0n) is 23.7. The van der Waals surface area contributed by atoms with Gasteiger partial charge in [0.25, 0.3) is 0 Å². The molecule has 2 heterocycles. The van der Waals surface area contributed by atoms with Crippen molar-refractivity contribution in [3.05, 3.63) is 58.1 Å². The van der Waals surface area contributed by atoms with E-state index in [-0.39, 0.29) is 35.1 Å². The highest BCUT2D eigenvalue weighted by Gasteiger charge is 2.39. The van der Waals surface area contributed by atoms with E-state index in [1.165, 1.54) is 28.0 Å². The number of ether oxygens (including phenoxy) is 2. The lowest BCUT2D eigenvalue weighted by Crippen LogP contribution is -2.53. The second-order valence-electron chi connectivity index (χ2n) is 11.3. The molecule has 0 aromatic heterocycles. The number of piperidine rings is 2.